The second-order valence-corrected chi connectivity index (χ2v) is 8.50. The molecule has 3 heterocycles. The van der Waals surface area contributed by atoms with Crippen molar-refractivity contribution in [3.63, 3.8) is 0 Å². The van der Waals surface area contributed by atoms with Crippen LogP contribution < -0.4 is 25.7 Å². The molecular formula is C24H23N5O6. The topological polar surface area (TPSA) is 124 Å². The van der Waals surface area contributed by atoms with E-state index in [1.165, 1.54) is 4.68 Å². The second kappa shape index (κ2) is 8.05. The molecule has 0 unspecified atom stereocenters. The molecule has 2 aliphatic rings. The van der Waals surface area contributed by atoms with Crippen molar-refractivity contribution < 1.29 is 23.9 Å². The molecule has 0 radical (unpaired) electrons. The predicted octanol–water partition coefficient (Wildman–Crippen LogP) is 1.62. The normalized spacial score (nSPS) is 18.7. The lowest BCUT2D eigenvalue weighted by molar-refractivity contribution is -0.133. The van der Waals surface area contributed by atoms with E-state index < -0.39 is 35.5 Å². The highest BCUT2D eigenvalue weighted by Gasteiger charge is 2.50. The third-order valence-electron chi connectivity index (χ3n) is 6.35. The number of rotatable bonds is 5. The quantitative estimate of drug-likeness (QED) is 0.539. The fourth-order valence-corrected chi connectivity index (χ4v) is 4.28. The molecule has 3 aromatic rings. The first-order chi connectivity index (χ1) is 16.7. The highest BCUT2D eigenvalue weighted by atomic mass is 16.7. The maximum absolute atomic E-state index is 13.2. The number of nitrogens with one attached hydrogen (secondary N) is 2. The first-order valence-corrected chi connectivity index (χ1v) is 10.9. The van der Waals surface area contributed by atoms with E-state index in [0.29, 0.717) is 28.4 Å². The molecule has 1 saturated heterocycles. The largest absolute Gasteiger partial charge is 0.454 e. The minimum atomic E-state index is -1.39. The molecular weight excluding hydrogens is 454 g/mol. The van der Waals surface area contributed by atoms with Crippen molar-refractivity contribution in [2.75, 3.05) is 18.7 Å². The Kier molecular flexibility index (Phi) is 5.12. The van der Waals surface area contributed by atoms with E-state index in [4.69, 9.17) is 9.47 Å². The van der Waals surface area contributed by atoms with Crippen LogP contribution in [0.1, 0.15) is 18.2 Å². The van der Waals surface area contributed by atoms with Gasteiger partial charge < -0.3 is 20.1 Å². The maximum atomic E-state index is 13.2. The lowest BCUT2D eigenvalue weighted by atomic mass is 9.91. The van der Waals surface area contributed by atoms with Gasteiger partial charge in [0.2, 0.25) is 12.7 Å². The number of ether oxygens (including phenoxy) is 2. The predicted molar refractivity (Wildman–Crippen MR) is 125 cm³/mol. The van der Waals surface area contributed by atoms with Crippen LogP contribution in [0.2, 0.25) is 0 Å². The van der Waals surface area contributed by atoms with Crippen molar-refractivity contribution in [3.8, 4) is 17.2 Å². The van der Waals surface area contributed by atoms with E-state index in [-0.39, 0.29) is 12.5 Å². The van der Waals surface area contributed by atoms with Crippen molar-refractivity contribution in [1.82, 2.24) is 19.6 Å². The Hall–Kier alpha value is -4.54. The number of nitrogens with zero attached hydrogens (tertiary/aromatic N) is 3. The SMILES string of the molecule is Cc1c(NC(=O)CN2C(=O)N[C@@](C)(c3ccc4c(c3)OCO4)C2=O)c(=O)n(-c2ccccc2)n1C. The summed E-state index contributed by atoms with van der Waals surface area (Å²) in [6.45, 7) is 2.78. The Morgan fingerprint density at radius 3 is 2.54 bits per heavy atom. The molecule has 11 nitrogen and oxygen atoms in total. The lowest BCUT2D eigenvalue weighted by Crippen LogP contribution is -2.42. The van der Waals surface area contributed by atoms with Crippen LogP contribution in [0.3, 0.4) is 0 Å². The molecule has 0 saturated carbocycles. The summed E-state index contributed by atoms with van der Waals surface area (Å²) in [6, 6.07) is 13.2. The fraction of sp³-hybridized carbons (Fsp3) is 0.250. The molecule has 1 atom stereocenters. The summed E-state index contributed by atoms with van der Waals surface area (Å²) in [6.07, 6.45) is 0. The third kappa shape index (κ3) is 3.52. The van der Waals surface area contributed by atoms with Crippen molar-refractivity contribution in [1.29, 1.82) is 0 Å². The van der Waals surface area contributed by atoms with Gasteiger partial charge in [-0.2, -0.15) is 0 Å². The number of hydrogen-bond acceptors (Lipinski definition) is 6. The summed E-state index contributed by atoms with van der Waals surface area (Å²) in [7, 11) is 1.70. The first-order valence-electron chi connectivity index (χ1n) is 10.9. The van der Waals surface area contributed by atoms with Gasteiger partial charge in [0.15, 0.2) is 11.5 Å². The molecule has 4 amide bonds. The zero-order valence-electron chi connectivity index (χ0n) is 19.3. The Labute approximate surface area is 199 Å². The molecule has 5 rings (SSSR count). The number of carbonyl (C=O) groups is 3. The molecule has 0 spiro atoms. The Bertz CT molecular complexity index is 1430. The average Bonchev–Trinajstić information content (AvgIpc) is 3.46. The summed E-state index contributed by atoms with van der Waals surface area (Å²) in [5.74, 6) is -0.251. The van der Waals surface area contributed by atoms with E-state index in [2.05, 4.69) is 10.6 Å². The second-order valence-electron chi connectivity index (χ2n) is 8.50. The number of hydrogen-bond donors (Lipinski definition) is 2. The minimum absolute atomic E-state index is 0.0759. The Morgan fingerprint density at radius 1 is 1.09 bits per heavy atom. The van der Waals surface area contributed by atoms with Gasteiger partial charge >= 0.3 is 6.03 Å². The number of fused-ring (bicyclic) bond motifs is 1. The van der Waals surface area contributed by atoms with Crippen molar-refractivity contribution in [3.05, 3.63) is 70.1 Å². The molecule has 0 bridgehead atoms. The minimum Gasteiger partial charge on any atom is -0.454 e. The van der Waals surface area contributed by atoms with E-state index in [1.807, 2.05) is 6.07 Å². The van der Waals surface area contributed by atoms with Gasteiger partial charge in [-0.25, -0.2) is 9.48 Å². The fourth-order valence-electron chi connectivity index (χ4n) is 4.28. The molecule has 35 heavy (non-hydrogen) atoms. The summed E-state index contributed by atoms with van der Waals surface area (Å²) < 4.78 is 13.7. The number of anilines is 1. The van der Waals surface area contributed by atoms with E-state index in [0.717, 1.165) is 4.90 Å². The number of carbonyl (C=O) groups excluding carboxylic acids is 3. The standard InChI is InChI=1S/C24H23N5O6/c1-14-20(21(31)29(27(14)3)16-7-5-4-6-8-16)25-19(30)12-28-22(32)24(2,26-23(28)33)15-9-10-17-18(11-15)35-13-34-17/h4-11H,12-13H2,1-3H3,(H,25,30)(H,26,33)/t24-/m0/s1. The molecule has 2 aliphatic heterocycles. The van der Waals surface area contributed by atoms with Crippen LogP contribution in [0, 0.1) is 6.92 Å². The zero-order valence-corrected chi connectivity index (χ0v) is 19.3. The Morgan fingerprint density at radius 2 is 1.80 bits per heavy atom. The molecule has 180 valence electrons. The molecule has 2 aromatic carbocycles. The van der Waals surface area contributed by atoms with Crippen LogP contribution in [-0.2, 0) is 22.2 Å². The molecule has 11 heteroatoms. The third-order valence-corrected chi connectivity index (χ3v) is 6.35. The lowest BCUT2D eigenvalue weighted by Gasteiger charge is -2.22. The molecule has 0 aliphatic carbocycles. The van der Waals surface area contributed by atoms with Crippen LogP contribution in [0.5, 0.6) is 11.5 Å². The van der Waals surface area contributed by atoms with Crippen LogP contribution in [0.25, 0.3) is 5.69 Å². The van der Waals surface area contributed by atoms with Gasteiger partial charge in [0.05, 0.1) is 11.4 Å². The highest BCUT2D eigenvalue weighted by Crippen LogP contribution is 2.37. The van der Waals surface area contributed by atoms with Gasteiger partial charge in [-0.05, 0) is 43.7 Å². The summed E-state index contributed by atoms with van der Waals surface area (Å²) in [5.41, 5.74) is -0.0838. The number of para-hydroxylation sites is 1. The molecule has 1 aromatic heterocycles. The van der Waals surface area contributed by atoms with Gasteiger partial charge in [0, 0.05) is 7.05 Å². The van der Waals surface area contributed by atoms with Gasteiger partial charge in [-0.1, -0.05) is 24.3 Å². The maximum Gasteiger partial charge on any atom is 0.325 e. The van der Waals surface area contributed by atoms with E-state index in [9.17, 15) is 19.2 Å². The van der Waals surface area contributed by atoms with Crippen molar-refractivity contribution in [2.45, 2.75) is 19.4 Å². The summed E-state index contributed by atoms with van der Waals surface area (Å²) in [5, 5.41) is 5.23. The van der Waals surface area contributed by atoms with Gasteiger partial charge in [-0.15, -0.1) is 0 Å². The zero-order chi connectivity index (χ0) is 24.9. The van der Waals surface area contributed by atoms with Gasteiger partial charge in [0.25, 0.3) is 11.5 Å². The van der Waals surface area contributed by atoms with Crippen LogP contribution in [0.15, 0.2) is 53.3 Å². The number of urea groups is 1. The van der Waals surface area contributed by atoms with E-state index in [1.54, 1.807) is 68.0 Å². The molecule has 1 fully saturated rings. The summed E-state index contributed by atoms with van der Waals surface area (Å²) in [4.78, 5) is 52.6. The van der Waals surface area contributed by atoms with Crippen molar-refractivity contribution in [2.24, 2.45) is 7.05 Å². The first kappa shape index (κ1) is 22.3. The number of aromatic nitrogens is 2. The summed E-state index contributed by atoms with van der Waals surface area (Å²) >= 11 is 0. The van der Waals surface area contributed by atoms with Crippen molar-refractivity contribution >= 4 is 23.5 Å². The molecule has 2 N–H and O–H groups in total. The number of benzene rings is 2. The highest BCUT2D eigenvalue weighted by molar-refractivity contribution is 6.10. The van der Waals surface area contributed by atoms with Crippen LogP contribution >= 0.6 is 0 Å². The Balaban J connectivity index is 1.36. The smallest absolute Gasteiger partial charge is 0.325 e. The number of imide groups is 1. The van der Waals surface area contributed by atoms with Gasteiger partial charge in [-0.3, -0.25) is 24.0 Å². The average molecular weight is 477 g/mol. The van der Waals surface area contributed by atoms with E-state index >= 15 is 0 Å². The van der Waals surface area contributed by atoms with Crippen LogP contribution in [0.4, 0.5) is 10.5 Å². The van der Waals surface area contributed by atoms with Crippen LogP contribution in [-0.4, -0.2) is 45.4 Å². The monoisotopic (exact) mass is 477 g/mol. The number of amides is 4. The van der Waals surface area contributed by atoms with Gasteiger partial charge in [0.1, 0.15) is 17.8 Å².